The Bertz CT molecular complexity index is 1380. The van der Waals surface area contributed by atoms with E-state index in [0.717, 1.165) is 27.4 Å². The van der Waals surface area contributed by atoms with Crippen LogP contribution in [0.15, 0.2) is 65.1 Å². The van der Waals surface area contributed by atoms with Crippen molar-refractivity contribution in [3.8, 4) is 0 Å². The van der Waals surface area contributed by atoms with Gasteiger partial charge in [-0.25, -0.2) is 8.78 Å². The van der Waals surface area contributed by atoms with Crippen LogP contribution in [-0.4, -0.2) is 23.1 Å². The normalized spacial score (nSPS) is 13.7. The summed E-state index contributed by atoms with van der Waals surface area (Å²) >= 11 is 0. The summed E-state index contributed by atoms with van der Waals surface area (Å²) in [6.45, 7) is 16.9. The van der Waals surface area contributed by atoms with Gasteiger partial charge in [-0.15, -0.1) is 0 Å². The van der Waals surface area contributed by atoms with E-state index in [1.807, 2.05) is 46.8 Å². The highest BCUT2D eigenvalue weighted by Crippen LogP contribution is 2.33. The first-order chi connectivity index (χ1) is 18.8. The number of hydrogen-bond acceptors (Lipinski definition) is 4. The number of esters is 1. The van der Waals surface area contributed by atoms with Crippen molar-refractivity contribution in [3.05, 3.63) is 99.0 Å². The Morgan fingerprint density at radius 1 is 1.23 bits per heavy atom. The van der Waals surface area contributed by atoms with Gasteiger partial charge in [-0.3, -0.25) is 14.4 Å². The maximum atomic E-state index is 15.7. The number of allylic oxidation sites excluding steroid dienone is 5. The summed E-state index contributed by atoms with van der Waals surface area (Å²) in [7, 11) is 0. The molecule has 2 atom stereocenters. The van der Waals surface area contributed by atoms with Gasteiger partial charge in [-0.1, -0.05) is 38.2 Å². The molecule has 6 nitrogen and oxygen atoms in total. The van der Waals surface area contributed by atoms with Crippen molar-refractivity contribution < 1.29 is 24.5 Å². The fraction of sp³-hybridized carbons (Fsp3) is 0.406. The topological polar surface area (TPSA) is 77.4 Å². The molecule has 0 spiro atoms. The van der Waals surface area contributed by atoms with E-state index in [2.05, 4.69) is 11.9 Å². The highest BCUT2D eigenvalue weighted by atomic mass is 19.1. The van der Waals surface area contributed by atoms with Crippen molar-refractivity contribution in [2.75, 3.05) is 6.61 Å². The van der Waals surface area contributed by atoms with E-state index >= 15 is 4.39 Å². The quantitative estimate of drug-likeness (QED) is 0.225. The van der Waals surface area contributed by atoms with Gasteiger partial charge in [0.2, 0.25) is 5.91 Å². The molecule has 1 heterocycles. The molecule has 0 aliphatic rings. The van der Waals surface area contributed by atoms with Crippen LogP contribution in [0.2, 0.25) is 0 Å². The van der Waals surface area contributed by atoms with Gasteiger partial charge in [0.15, 0.2) is 5.82 Å². The largest absolute Gasteiger partial charge is 0.466 e. The van der Waals surface area contributed by atoms with Crippen LogP contribution in [0.25, 0.3) is 5.57 Å². The third-order valence-corrected chi connectivity index (χ3v) is 6.44. The SMILES string of the molecule is C=C(C)/C(=C(C)\C=C/C)c1cc(C)c(F)c([C@H](CC(=O)OCC)NC(=O)C(CC(C)C)n2cccc(F)c2=O)c1.[HH]. The van der Waals surface area contributed by atoms with Crippen molar-refractivity contribution in [2.24, 2.45) is 5.92 Å². The number of halogens is 2. The summed E-state index contributed by atoms with van der Waals surface area (Å²) in [5, 5.41) is 2.78. The van der Waals surface area contributed by atoms with Crippen LogP contribution >= 0.6 is 0 Å². The molecule has 0 saturated heterocycles. The second kappa shape index (κ2) is 14.5. The Morgan fingerprint density at radius 2 is 1.90 bits per heavy atom. The summed E-state index contributed by atoms with van der Waals surface area (Å²) in [6, 6.07) is 3.49. The summed E-state index contributed by atoms with van der Waals surface area (Å²) < 4.78 is 36.0. The second-order valence-electron chi connectivity index (χ2n) is 10.3. The van der Waals surface area contributed by atoms with Gasteiger partial charge in [0.1, 0.15) is 11.9 Å². The van der Waals surface area contributed by atoms with Crippen LogP contribution in [0.1, 0.15) is 84.6 Å². The van der Waals surface area contributed by atoms with Crippen molar-refractivity contribution in [1.29, 1.82) is 0 Å². The van der Waals surface area contributed by atoms with E-state index in [0.29, 0.717) is 11.1 Å². The summed E-state index contributed by atoms with van der Waals surface area (Å²) in [5.74, 6) is -2.86. The van der Waals surface area contributed by atoms with Crippen LogP contribution in [0.4, 0.5) is 8.78 Å². The molecular weight excluding hydrogens is 514 g/mol. The van der Waals surface area contributed by atoms with E-state index in [-0.39, 0.29) is 32.4 Å². The number of nitrogens with zero attached hydrogens (tertiary/aromatic N) is 1. The van der Waals surface area contributed by atoms with Crippen LogP contribution in [0.5, 0.6) is 0 Å². The minimum Gasteiger partial charge on any atom is -0.466 e. The fourth-order valence-corrected chi connectivity index (χ4v) is 4.75. The van der Waals surface area contributed by atoms with E-state index in [1.165, 1.54) is 12.3 Å². The lowest BCUT2D eigenvalue weighted by atomic mass is 9.89. The first kappa shape index (κ1) is 32.4. The van der Waals surface area contributed by atoms with Crippen LogP contribution < -0.4 is 10.9 Å². The van der Waals surface area contributed by atoms with Gasteiger partial charge < -0.3 is 14.6 Å². The second-order valence-corrected chi connectivity index (χ2v) is 10.3. The Labute approximate surface area is 236 Å². The molecule has 1 amide bonds. The summed E-state index contributed by atoms with van der Waals surface area (Å²) in [4.78, 5) is 38.9. The molecule has 218 valence electrons. The molecule has 0 fully saturated rings. The molecule has 0 bridgehead atoms. The number of benzene rings is 1. The molecule has 2 rings (SSSR count). The lowest BCUT2D eigenvalue weighted by Crippen LogP contribution is -2.41. The molecule has 40 heavy (non-hydrogen) atoms. The number of hydrogen-bond donors (Lipinski definition) is 1. The highest BCUT2D eigenvalue weighted by molar-refractivity contribution is 5.84. The lowest BCUT2D eigenvalue weighted by Gasteiger charge is -2.26. The number of aromatic nitrogens is 1. The van der Waals surface area contributed by atoms with Crippen LogP contribution in [-0.2, 0) is 14.3 Å². The molecule has 2 aromatic rings. The zero-order chi connectivity index (χ0) is 30.1. The van der Waals surface area contributed by atoms with Crippen LogP contribution in [0.3, 0.4) is 0 Å². The number of ether oxygens (including phenoxy) is 1. The molecule has 1 unspecified atom stereocenters. The zero-order valence-electron chi connectivity index (χ0n) is 24.4. The molecule has 0 aliphatic carbocycles. The number of carbonyl (C=O) groups excluding carboxylic acids is 2. The van der Waals surface area contributed by atoms with E-state index in [4.69, 9.17) is 4.74 Å². The fourth-order valence-electron chi connectivity index (χ4n) is 4.75. The summed E-state index contributed by atoms with van der Waals surface area (Å²) in [6.07, 6.45) is 5.04. The van der Waals surface area contributed by atoms with Gasteiger partial charge in [0.25, 0.3) is 5.56 Å². The Morgan fingerprint density at radius 3 is 2.48 bits per heavy atom. The van der Waals surface area contributed by atoms with Crippen molar-refractivity contribution in [1.82, 2.24) is 9.88 Å². The lowest BCUT2D eigenvalue weighted by molar-refractivity contribution is -0.144. The molecule has 1 aromatic carbocycles. The molecular formula is C32H42F2N2O4. The van der Waals surface area contributed by atoms with Gasteiger partial charge in [0.05, 0.1) is 19.1 Å². The first-order valence-corrected chi connectivity index (χ1v) is 13.4. The third-order valence-electron chi connectivity index (χ3n) is 6.44. The zero-order valence-corrected chi connectivity index (χ0v) is 24.4. The predicted molar refractivity (Wildman–Crippen MR) is 157 cm³/mol. The Hall–Kier alpha value is -3.81. The number of aryl methyl sites for hydroxylation is 1. The summed E-state index contributed by atoms with van der Waals surface area (Å²) in [5.41, 5.74) is 2.65. The Balaban J connectivity index is 0.00000840. The molecule has 0 radical (unpaired) electrons. The molecule has 0 aliphatic heterocycles. The average molecular weight is 557 g/mol. The number of carbonyl (C=O) groups is 2. The first-order valence-electron chi connectivity index (χ1n) is 13.4. The van der Waals surface area contributed by atoms with Crippen molar-refractivity contribution in [2.45, 2.75) is 73.4 Å². The number of rotatable bonds is 12. The van der Waals surface area contributed by atoms with E-state index in [1.54, 1.807) is 26.0 Å². The Kier molecular flexibility index (Phi) is 11.8. The van der Waals surface area contributed by atoms with Gasteiger partial charge >= 0.3 is 5.97 Å². The maximum Gasteiger partial charge on any atom is 0.308 e. The molecule has 0 saturated carbocycles. The third kappa shape index (κ3) is 8.10. The molecule has 1 N–H and O–H groups in total. The standard InChI is InChI=1S/C32H40F2N2O4.H2/c1-9-12-21(7)29(20(5)6)23-16-22(8)30(34)24(17-23)26(18-28(37)40-10-2)35-31(38)27(15-19(3)4)36-14-11-13-25(33)32(36)39;/h9,11-14,16-17,19,26-27H,5,10,15,18H2,1-4,6-8H3,(H,35,38);1H/b12-9-,29-21+;/t26-,27?;/m0./s1. The minimum atomic E-state index is -1.11. The predicted octanol–water partition coefficient (Wildman–Crippen LogP) is 7.00. The monoisotopic (exact) mass is 556 g/mol. The molecule has 8 heteroatoms. The van der Waals surface area contributed by atoms with Gasteiger partial charge in [-0.2, -0.15) is 0 Å². The molecule has 1 aromatic heterocycles. The van der Waals surface area contributed by atoms with Gasteiger partial charge in [-0.05, 0) is 93.5 Å². The smallest absolute Gasteiger partial charge is 0.308 e. The minimum absolute atomic E-state index is 0. The number of amides is 1. The van der Waals surface area contributed by atoms with Crippen molar-refractivity contribution >= 4 is 17.4 Å². The average Bonchev–Trinajstić information content (AvgIpc) is 2.86. The maximum absolute atomic E-state index is 15.7. The van der Waals surface area contributed by atoms with E-state index in [9.17, 15) is 18.8 Å². The highest BCUT2D eigenvalue weighted by Gasteiger charge is 2.30. The van der Waals surface area contributed by atoms with Crippen molar-refractivity contribution in [3.63, 3.8) is 0 Å². The number of pyridine rings is 1. The number of nitrogens with one attached hydrogen (secondary N) is 1. The van der Waals surface area contributed by atoms with Gasteiger partial charge in [0, 0.05) is 13.2 Å². The van der Waals surface area contributed by atoms with Crippen LogP contribution in [0, 0.1) is 24.5 Å². The van der Waals surface area contributed by atoms with E-state index < -0.39 is 41.2 Å².